The molecule has 19 heavy (non-hydrogen) atoms. The molecule has 0 saturated heterocycles. The molecule has 0 radical (unpaired) electrons. The van der Waals surface area contributed by atoms with Gasteiger partial charge in [0.2, 0.25) is 0 Å². The predicted molar refractivity (Wildman–Crippen MR) is 80.6 cm³/mol. The van der Waals surface area contributed by atoms with Crippen molar-refractivity contribution in [1.82, 2.24) is 15.1 Å². The zero-order chi connectivity index (χ0) is 14.0. The van der Waals surface area contributed by atoms with Gasteiger partial charge in [-0.05, 0) is 58.6 Å². The molecule has 0 amide bonds. The van der Waals surface area contributed by atoms with Crippen molar-refractivity contribution < 1.29 is 0 Å². The summed E-state index contributed by atoms with van der Waals surface area (Å²) in [7, 11) is 2.09. The molecule has 1 aliphatic rings. The van der Waals surface area contributed by atoms with Gasteiger partial charge in [-0.1, -0.05) is 19.8 Å². The van der Waals surface area contributed by atoms with E-state index in [-0.39, 0.29) is 0 Å². The molecule has 2 rings (SSSR count). The lowest BCUT2D eigenvalue weighted by molar-refractivity contribution is 0.190. The molecular formula is C16H29N3. The van der Waals surface area contributed by atoms with E-state index in [2.05, 4.69) is 44.7 Å². The number of hydrogen-bond acceptors (Lipinski definition) is 2. The number of likely N-dealkylation sites (N-methyl/N-ethyl adjacent to an activating group) is 1. The number of nitrogens with zero attached hydrogens (tertiary/aromatic N) is 2. The van der Waals surface area contributed by atoms with Crippen molar-refractivity contribution in [2.24, 2.45) is 5.92 Å². The fourth-order valence-electron chi connectivity index (χ4n) is 3.58. The third-order valence-corrected chi connectivity index (χ3v) is 4.99. The standard InChI is InChI=1S/C16H29N3/c1-6-7-14-8-9-15(17-5)16(10-14)19-13(4)11(2)12(3)18-19/h14-17H,6-10H2,1-5H3. The van der Waals surface area contributed by atoms with Crippen LogP contribution in [0.4, 0.5) is 0 Å². The zero-order valence-electron chi connectivity index (χ0n) is 13.2. The molecule has 1 aliphatic carbocycles. The molecular weight excluding hydrogens is 234 g/mol. The van der Waals surface area contributed by atoms with E-state index in [1.54, 1.807) is 0 Å². The van der Waals surface area contributed by atoms with Gasteiger partial charge in [0.25, 0.3) is 0 Å². The van der Waals surface area contributed by atoms with E-state index in [1.165, 1.54) is 49.1 Å². The van der Waals surface area contributed by atoms with E-state index >= 15 is 0 Å². The molecule has 3 atom stereocenters. The Hall–Kier alpha value is -0.830. The molecule has 1 N–H and O–H groups in total. The lowest BCUT2D eigenvalue weighted by atomic mass is 9.80. The molecule has 108 valence electrons. The summed E-state index contributed by atoms with van der Waals surface area (Å²) in [6.45, 7) is 8.83. The van der Waals surface area contributed by atoms with Crippen LogP contribution in [0.1, 0.15) is 62.0 Å². The number of nitrogens with one attached hydrogen (secondary N) is 1. The van der Waals surface area contributed by atoms with E-state index in [9.17, 15) is 0 Å². The molecule has 0 spiro atoms. The van der Waals surface area contributed by atoms with Gasteiger partial charge in [-0.3, -0.25) is 4.68 Å². The first kappa shape index (κ1) is 14.6. The van der Waals surface area contributed by atoms with Crippen LogP contribution in [0.3, 0.4) is 0 Å². The largest absolute Gasteiger partial charge is 0.315 e. The number of rotatable bonds is 4. The normalized spacial score (nSPS) is 27.7. The number of aryl methyl sites for hydroxylation is 1. The molecule has 0 bridgehead atoms. The SMILES string of the molecule is CCCC1CCC(NC)C(n2nc(C)c(C)c2C)C1. The minimum Gasteiger partial charge on any atom is -0.315 e. The van der Waals surface area contributed by atoms with Gasteiger partial charge in [-0.2, -0.15) is 5.10 Å². The molecule has 3 unspecified atom stereocenters. The van der Waals surface area contributed by atoms with E-state index in [0.29, 0.717) is 12.1 Å². The third kappa shape index (κ3) is 2.86. The van der Waals surface area contributed by atoms with Crippen molar-refractivity contribution in [3.05, 3.63) is 17.0 Å². The van der Waals surface area contributed by atoms with Crippen LogP contribution in [0.5, 0.6) is 0 Å². The van der Waals surface area contributed by atoms with E-state index in [1.807, 2.05) is 0 Å². The highest BCUT2D eigenvalue weighted by Gasteiger charge is 2.32. The Balaban J connectivity index is 2.24. The van der Waals surface area contributed by atoms with Gasteiger partial charge in [0.1, 0.15) is 0 Å². The monoisotopic (exact) mass is 263 g/mol. The second-order valence-corrected chi connectivity index (χ2v) is 6.17. The molecule has 0 aliphatic heterocycles. The fourth-order valence-corrected chi connectivity index (χ4v) is 3.58. The van der Waals surface area contributed by atoms with Gasteiger partial charge in [0.15, 0.2) is 0 Å². The highest BCUT2D eigenvalue weighted by atomic mass is 15.3. The van der Waals surface area contributed by atoms with Gasteiger partial charge in [-0.15, -0.1) is 0 Å². The van der Waals surface area contributed by atoms with Crippen LogP contribution >= 0.6 is 0 Å². The van der Waals surface area contributed by atoms with Gasteiger partial charge in [0, 0.05) is 11.7 Å². The van der Waals surface area contributed by atoms with Crippen LogP contribution in [0, 0.1) is 26.7 Å². The van der Waals surface area contributed by atoms with E-state index < -0.39 is 0 Å². The van der Waals surface area contributed by atoms with Crippen LogP contribution in [-0.2, 0) is 0 Å². The Kier molecular flexibility index (Phi) is 4.67. The molecule has 1 aromatic heterocycles. The van der Waals surface area contributed by atoms with Crippen LogP contribution in [0.15, 0.2) is 0 Å². The summed E-state index contributed by atoms with van der Waals surface area (Å²) in [6, 6.07) is 1.10. The van der Waals surface area contributed by atoms with E-state index in [0.717, 1.165) is 5.92 Å². The van der Waals surface area contributed by atoms with Gasteiger partial charge in [-0.25, -0.2) is 0 Å². The second-order valence-electron chi connectivity index (χ2n) is 6.17. The van der Waals surface area contributed by atoms with Crippen LogP contribution in [0.25, 0.3) is 0 Å². The van der Waals surface area contributed by atoms with Crippen molar-refractivity contribution in [3.8, 4) is 0 Å². The second kappa shape index (κ2) is 6.08. The fraction of sp³-hybridized carbons (Fsp3) is 0.812. The molecule has 1 fully saturated rings. The van der Waals surface area contributed by atoms with Crippen molar-refractivity contribution >= 4 is 0 Å². The summed E-state index contributed by atoms with van der Waals surface area (Å²) in [5, 5.41) is 8.31. The topological polar surface area (TPSA) is 29.9 Å². The lowest BCUT2D eigenvalue weighted by Gasteiger charge is -2.36. The Morgan fingerprint density at radius 3 is 2.53 bits per heavy atom. The van der Waals surface area contributed by atoms with E-state index in [4.69, 9.17) is 5.10 Å². The molecule has 1 heterocycles. The smallest absolute Gasteiger partial charge is 0.0677 e. The number of aromatic nitrogens is 2. The van der Waals surface area contributed by atoms with Crippen molar-refractivity contribution in [3.63, 3.8) is 0 Å². The first-order valence-corrected chi connectivity index (χ1v) is 7.78. The molecule has 3 nitrogen and oxygen atoms in total. The van der Waals surface area contributed by atoms with Crippen LogP contribution in [0.2, 0.25) is 0 Å². The summed E-state index contributed by atoms with van der Waals surface area (Å²) in [6.07, 6.45) is 6.60. The van der Waals surface area contributed by atoms with Crippen LogP contribution in [-0.4, -0.2) is 22.9 Å². The van der Waals surface area contributed by atoms with Crippen molar-refractivity contribution in [2.45, 2.75) is 71.9 Å². The maximum atomic E-state index is 4.80. The maximum absolute atomic E-state index is 4.80. The molecule has 0 aromatic carbocycles. The Morgan fingerprint density at radius 2 is 2.00 bits per heavy atom. The molecule has 1 saturated carbocycles. The third-order valence-electron chi connectivity index (χ3n) is 4.99. The zero-order valence-corrected chi connectivity index (χ0v) is 13.2. The summed E-state index contributed by atoms with van der Waals surface area (Å²) in [4.78, 5) is 0. The summed E-state index contributed by atoms with van der Waals surface area (Å²) >= 11 is 0. The Labute approximate surface area is 117 Å². The Morgan fingerprint density at radius 1 is 1.26 bits per heavy atom. The average molecular weight is 263 g/mol. The Bertz CT molecular complexity index is 422. The first-order chi connectivity index (χ1) is 9.08. The molecule has 1 aromatic rings. The summed E-state index contributed by atoms with van der Waals surface area (Å²) in [5.41, 5.74) is 3.89. The number of hydrogen-bond donors (Lipinski definition) is 1. The highest BCUT2D eigenvalue weighted by molar-refractivity contribution is 5.23. The minimum absolute atomic E-state index is 0.530. The van der Waals surface area contributed by atoms with Crippen molar-refractivity contribution in [2.75, 3.05) is 7.05 Å². The van der Waals surface area contributed by atoms with Crippen LogP contribution < -0.4 is 5.32 Å². The predicted octanol–water partition coefficient (Wildman–Crippen LogP) is 3.54. The highest BCUT2D eigenvalue weighted by Crippen LogP contribution is 2.36. The van der Waals surface area contributed by atoms with Gasteiger partial charge in [0.05, 0.1) is 11.7 Å². The first-order valence-electron chi connectivity index (χ1n) is 7.78. The summed E-state index contributed by atoms with van der Waals surface area (Å²) < 4.78 is 2.30. The van der Waals surface area contributed by atoms with Gasteiger partial charge >= 0.3 is 0 Å². The summed E-state index contributed by atoms with van der Waals surface area (Å²) in [5.74, 6) is 0.879. The lowest BCUT2D eigenvalue weighted by Crippen LogP contribution is -2.40. The average Bonchev–Trinajstić information content (AvgIpc) is 2.67. The maximum Gasteiger partial charge on any atom is 0.0677 e. The minimum atomic E-state index is 0.530. The van der Waals surface area contributed by atoms with Gasteiger partial charge < -0.3 is 5.32 Å². The quantitative estimate of drug-likeness (QED) is 0.900. The van der Waals surface area contributed by atoms with Crippen molar-refractivity contribution in [1.29, 1.82) is 0 Å². The molecule has 3 heteroatoms.